The minimum absolute atomic E-state index is 0.0241. The van der Waals surface area contributed by atoms with Crippen molar-refractivity contribution in [1.29, 1.82) is 0 Å². The summed E-state index contributed by atoms with van der Waals surface area (Å²) in [6.07, 6.45) is 2.00. The molecule has 0 saturated heterocycles. The number of amides is 1. The highest BCUT2D eigenvalue weighted by Crippen LogP contribution is 2.25. The van der Waals surface area contributed by atoms with Crippen molar-refractivity contribution in [3.8, 4) is 0 Å². The number of rotatable bonds is 6. The van der Waals surface area contributed by atoms with E-state index in [1.54, 1.807) is 19.1 Å². The molecule has 0 bridgehead atoms. The summed E-state index contributed by atoms with van der Waals surface area (Å²) >= 11 is 0. The number of carbonyl (C=O) groups excluding carboxylic acids is 1. The molecule has 1 unspecified atom stereocenters. The Kier molecular flexibility index (Phi) is 4.38. The highest BCUT2D eigenvalue weighted by molar-refractivity contribution is 7.89. The molecule has 1 atom stereocenters. The normalized spacial score (nSPS) is 16.3. The number of carbonyl (C=O) groups is 1. The van der Waals surface area contributed by atoms with Gasteiger partial charge < -0.3 is 16.4 Å². The third kappa shape index (κ3) is 3.85. The van der Waals surface area contributed by atoms with Gasteiger partial charge in [-0.3, -0.25) is 4.79 Å². The Morgan fingerprint density at radius 1 is 1.38 bits per heavy atom. The van der Waals surface area contributed by atoms with Gasteiger partial charge in [0.2, 0.25) is 15.9 Å². The van der Waals surface area contributed by atoms with Crippen molar-refractivity contribution in [3.05, 3.63) is 18.2 Å². The van der Waals surface area contributed by atoms with Gasteiger partial charge in [-0.15, -0.1) is 0 Å². The summed E-state index contributed by atoms with van der Waals surface area (Å²) in [4.78, 5) is 12.0. The van der Waals surface area contributed by atoms with E-state index in [0.717, 1.165) is 12.8 Å². The summed E-state index contributed by atoms with van der Waals surface area (Å²) in [5.41, 5.74) is 6.33. The third-order valence-corrected chi connectivity index (χ3v) is 4.71. The summed E-state index contributed by atoms with van der Waals surface area (Å²) in [5, 5.41) is 5.79. The third-order valence-electron chi connectivity index (χ3n) is 3.25. The van der Waals surface area contributed by atoms with E-state index in [2.05, 4.69) is 15.4 Å². The van der Waals surface area contributed by atoms with Crippen molar-refractivity contribution < 1.29 is 13.2 Å². The van der Waals surface area contributed by atoms with Gasteiger partial charge in [0, 0.05) is 11.7 Å². The summed E-state index contributed by atoms with van der Waals surface area (Å²) < 4.78 is 26.3. The first-order chi connectivity index (χ1) is 9.83. The van der Waals surface area contributed by atoms with E-state index in [4.69, 9.17) is 5.73 Å². The molecule has 1 aliphatic carbocycles. The van der Waals surface area contributed by atoms with Crippen LogP contribution in [0.5, 0.6) is 0 Å². The summed E-state index contributed by atoms with van der Waals surface area (Å²) in [6, 6.07) is 4.22. The lowest BCUT2D eigenvalue weighted by molar-refractivity contribution is -0.121. The maximum absolute atomic E-state index is 12.0. The molecule has 2 rings (SSSR count). The Bertz CT molecular complexity index is 641. The van der Waals surface area contributed by atoms with Crippen LogP contribution in [0.15, 0.2) is 23.1 Å². The van der Waals surface area contributed by atoms with E-state index in [0.29, 0.717) is 11.4 Å². The standard InChI is InChI=1S/C13H20N4O3S/c1-8(13(18)17-10-4-5-10)16-11-6-3-9(14)7-12(11)21(19,20)15-2/h3,6-8,10,15-16H,4-5,14H2,1-2H3,(H,17,18). The average Bonchev–Trinajstić information content (AvgIpc) is 3.24. The number of nitrogens with two attached hydrogens (primary N) is 1. The molecule has 1 aromatic carbocycles. The predicted octanol–water partition coefficient (Wildman–Crippen LogP) is 0.256. The number of nitrogen functional groups attached to an aromatic ring is 1. The van der Waals surface area contributed by atoms with Crippen LogP contribution in [-0.2, 0) is 14.8 Å². The van der Waals surface area contributed by atoms with Gasteiger partial charge in [-0.25, -0.2) is 13.1 Å². The summed E-state index contributed by atoms with van der Waals surface area (Å²) in [7, 11) is -2.33. The zero-order valence-electron chi connectivity index (χ0n) is 12.0. The lowest BCUT2D eigenvalue weighted by Crippen LogP contribution is -2.39. The van der Waals surface area contributed by atoms with Crippen molar-refractivity contribution in [2.45, 2.75) is 36.7 Å². The van der Waals surface area contributed by atoms with Crippen LogP contribution in [0.4, 0.5) is 11.4 Å². The molecule has 1 aliphatic rings. The second-order valence-electron chi connectivity index (χ2n) is 5.11. The Morgan fingerprint density at radius 3 is 2.62 bits per heavy atom. The molecule has 0 aliphatic heterocycles. The topological polar surface area (TPSA) is 113 Å². The fourth-order valence-corrected chi connectivity index (χ4v) is 2.77. The van der Waals surface area contributed by atoms with Crippen LogP contribution >= 0.6 is 0 Å². The van der Waals surface area contributed by atoms with Crippen molar-refractivity contribution in [1.82, 2.24) is 10.0 Å². The SMILES string of the molecule is CNS(=O)(=O)c1cc(N)ccc1NC(C)C(=O)NC1CC1. The van der Waals surface area contributed by atoms with Crippen LogP contribution in [0.2, 0.25) is 0 Å². The molecule has 1 amide bonds. The minimum Gasteiger partial charge on any atom is -0.399 e. The lowest BCUT2D eigenvalue weighted by Gasteiger charge is -2.18. The second-order valence-corrected chi connectivity index (χ2v) is 6.97. The molecule has 116 valence electrons. The van der Waals surface area contributed by atoms with Crippen molar-refractivity contribution >= 4 is 27.3 Å². The molecule has 0 aromatic heterocycles. The van der Waals surface area contributed by atoms with Gasteiger partial charge in [-0.2, -0.15) is 0 Å². The van der Waals surface area contributed by atoms with Crippen LogP contribution in [-0.4, -0.2) is 33.5 Å². The minimum atomic E-state index is -3.66. The van der Waals surface area contributed by atoms with Gasteiger partial charge in [0.05, 0.1) is 5.69 Å². The Labute approximate surface area is 124 Å². The molecule has 5 N–H and O–H groups in total. The first kappa shape index (κ1) is 15.6. The molecule has 1 fully saturated rings. The number of sulfonamides is 1. The lowest BCUT2D eigenvalue weighted by atomic mass is 10.2. The molecule has 21 heavy (non-hydrogen) atoms. The second kappa shape index (κ2) is 5.90. The van der Waals surface area contributed by atoms with Gasteiger partial charge in [0.1, 0.15) is 10.9 Å². The fraction of sp³-hybridized carbons (Fsp3) is 0.462. The molecule has 8 heteroatoms. The van der Waals surface area contributed by atoms with E-state index in [1.807, 2.05) is 0 Å². The number of hydrogen-bond acceptors (Lipinski definition) is 5. The van der Waals surface area contributed by atoms with Crippen molar-refractivity contribution in [2.75, 3.05) is 18.1 Å². The first-order valence-electron chi connectivity index (χ1n) is 6.73. The molecule has 0 spiro atoms. The van der Waals surface area contributed by atoms with Crippen LogP contribution < -0.4 is 21.1 Å². The summed E-state index contributed by atoms with van der Waals surface area (Å²) in [6.45, 7) is 1.68. The molecular weight excluding hydrogens is 292 g/mol. The Hall–Kier alpha value is -1.80. The number of nitrogens with one attached hydrogen (secondary N) is 3. The highest BCUT2D eigenvalue weighted by Gasteiger charge is 2.26. The maximum Gasteiger partial charge on any atom is 0.242 e. The van der Waals surface area contributed by atoms with Gasteiger partial charge in [-0.05, 0) is 45.0 Å². The monoisotopic (exact) mass is 312 g/mol. The zero-order valence-corrected chi connectivity index (χ0v) is 12.8. The van der Waals surface area contributed by atoms with Crippen molar-refractivity contribution in [2.24, 2.45) is 0 Å². The van der Waals surface area contributed by atoms with Crippen molar-refractivity contribution in [3.63, 3.8) is 0 Å². The van der Waals surface area contributed by atoms with Crippen LogP contribution in [0.25, 0.3) is 0 Å². The van der Waals surface area contributed by atoms with E-state index in [9.17, 15) is 13.2 Å². The number of anilines is 2. The van der Waals surface area contributed by atoms with E-state index in [1.165, 1.54) is 13.1 Å². The zero-order chi connectivity index (χ0) is 15.6. The van der Waals surface area contributed by atoms with E-state index in [-0.39, 0.29) is 16.8 Å². The molecule has 0 heterocycles. The fourth-order valence-electron chi connectivity index (χ4n) is 1.84. The molecule has 7 nitrogen and oxygen atoms in total. The Balaban J connectivity index is 2.20. The highest BCUT2D eigenvalue weighted by atomic mass is 32.2. The largest absolute Gasteiger partial charge is 0.399 e. The molecule has 1 saturated carbocycles. The number of hydrogen-bond donors (Lipinski definition) is 4. The maximum atomic E-state index is 12.0. The average molecular weight is 312 g/mol. The van der Waals surface area contributed by atoms with Gasteiger partial charge in [0.15, 0.2) is 0 Å². The smallest absolute Gasteiger partial charge is 0.242 e. The summed E-state index contributed by atoms with van der Waals surface area (Å²) in [5.74, 6) is -0.151. The first-order valence-corrected chi connectivity index (χ1v) is 8.22. The van der Waals surface area contributed by atoms with E-state index < -0.39 is 16.1 Å². The molecule has 0 radical (unpaired) electrons. The quantitative estimate of drug-likeness (QED) is 0.563. The van der Waals surface area contributed by atoms with Gasteiger partial charge >= 0.3 is 0 Å². The number of benzene rings is 1. The van der Waals surface area contributed by atoms with Crippen LogP contribution in [0.3, 0.4) is 0 Å². The predicted molar refractivity (Wildman–Crippen MR) is 81.3 cm³/mol. The molecule has 1 aromatic rings. The van der Waals surface area contributed by atoms with Gasteiger partial charge in [-0.1, -0.05) is 0 Å². The van der Waals surface area contributed by atoms with Crippen LogP contribution in [0.1, 0.15) is 19.8 Å². The Morgan fingerprint density at radius 2 is 2.05 bits per heavy atom. The van der Waals surface area contributed by atoms with Crippen LogP contribution in [0, 0.1) is 0 Å². The van der Waals surface area contributed by atoms with E-state index >= 15 is 0 Å². The van der Waals surface area contributed by atoms with Gasteiger partial charge in [0.25, 0.3) is 0 Å². The molecular formula is C13H20N4O3S.